The molecule has 0 bridgehead atoms. The van der Waals surface area contributed by atoms with Gasteiger partial charge in [-0.25, -0.2) is 13.6 Å². The lowest BCUT2D eigenvalue weighted by Crippen LogP contribution is -2.44. The summed E-state index contributed by atoms with van der Waals surface area (Å²) in [6.45, 7) is -0.172. The highest BCUT2D eigenvalue weighted by Gasteiger charge is 2.32. The quantitative estimate of drug-likeness (QED) is 0.795. The summed E-state index contributed by atoms with van der Waals surface area (Å²) in [6.07, 6.45) is 4.21. The lowest BCUT2D eigenvalue weighted by Gasteiger charge is -2.37. The molecule has 4 nitrogen and oxygen atoms in total. The number of anilines is 1. The third kappa shape index (κ3) is 2.75. The first-order chi connectivity index (χ1) is 9.49. The first kappa shape index (κ1) is 14.7. The minimum atomic E-state index is -1.51. The summed E-state index contributed by atoms with van der Waals surface area (Å²) in [5.41, 5.74) is -1.46. The molecule has 1 aromatic carbocycles. The number of halogens is 2. The van der Waals surface area contributed by atoms with Gasteiger partial charge in [-0.2, -0.15) is 0 Å². The molecule has 0 amide bonds. The molecule has 6 heteroatoms. The van der Waals surface area contributed by atoms with Crippen molar-refractivity contribution in [3.8, 4) is 0 Å². The second-order valence-corrected chi connectivity index (χ2v) is 5.22. The van der Waals surface area contributed by atoms with E-state index in [0.717, 1.165) is 25.3 Å². The zero-order chi connectivity index (χ0) is 14.8. The van der Waals surface area contributed by atoms with Gasteiger partial charge in [0, 0.05) is 0 Å². The molecule has 3 N–H and O–H groups in total. The normalized spacial score (nSPS) is 17.8. The van der Waals surface area contributed by atoms with Crippen LogP contribution in [0.3, 0.4) is 0 Å². The number of aliphatic hydroxyl groups is 1. The molecule has 1 aliphatic rings. The van der Waals surface area contributed by atoms with Gasteiger partial charge in [0.1, 0.15) is 0 Å². The maximum atomic E-state index is 13.9. The van der Waals surface area contributed by atoms with Gasteiger partial charge in [-0.05, 0) is 25.0 Å². The van der Waals surface area contributed by atoms with Crippen LogP contribution in [0.25, 0.3) is 0 Å². The number of carboxylic acid groups (broad SMARTS) is 1. The van der Waals surface area contributed by atoms with Crippen LogP contribution in [0.1, 0.15) is 42.5 Å². The van der Waals surface area contributed by atoms with Crippen LogP contribution in [-0.2, 0) is 0 Å². The average molecular weight is 285 g/mol. The van der Waals surface area contributed by atoms with Gasteiger partial charge >= 0.3 is 5.97 Å². The Labute approximate surface area is 115 Å². The van der Waals surface area contributed by atoms with Gasteiger partial charge in [-0.15, -0.1) is 0 Å². The maximum absolute atomic E-state index is 13.9. The molecule has 20 heavy (non-hydrogen) atoms. The predicted octanol–water partition coefficient (Wildman–Crippen LogP) is 2.77. The van der Waals surface area contributed by atoms with Crippen LogP contribution < -0.4 is 5.32 Å². The van der Waals surface area contributed by atoms with E-state index in [1.165, 1.54) is 6.07 Å². The van der Waals surface area contributed by atoms with Crippen molar-refractivity contribution in [3.05, 3.63) is 29.3 Å². The zero-order valence-corrected chi connectivity index (χ0v) is 11.0. The van der Waals surface area contributed by atoms with Gasteiger partial charge in [0.25, 0.3) is 0 Å². The Bertz CT molecular complexity index is 513. The number of aromatic carboxylic acids is 1. The van der Waals surface area contributed by atoms with Crippen LogP contribution in [-0.4, -0.2) is 28.3 Å². The first-order valence-electron chi connectivity index (χ1n) is 6.59. The highest BCUT2D eigenvalue weighted by atomic mass is 19.2. The van der Waals surface area contributed by atoms with E-state index in [1.54, 1.807) is 0 Å². The van der Waals surface area contributed by atoms with E-state index < -0.39 is 28.7 Å². The van der Waals surface area contributed by atoms with Crippen LogP contribution in [0, 0.1) is 11.6 Å². The molecule has 1 fully saturated rings. The molecule has 0 atom stereocenters. The number of hydrogen-bond acceptors (Lipinski definition) is 3. The van der Waals surface area contributed by atoms with E-state index in [9.17, 15) is 18.7 Å². The SMILES string of the molecule is O=C(O)c1ccc(NC2(CO)CCCCC2)c(F)c1F. The van der Waals surface area contributed by atoms with Crippen molar-refractivity contribution in [1.82, 2.24) is 0 Å². The number of nitrogens with one attached hydrogen (secondary N) is 1. The molecular formula is C14H17F2NO3. The van der Waals surface area contributed by atoms with E-state index >= 15 is 0 Å². The lowest BCUT2D eigenvalue weighted by atomic mass is 9.82. The summed E-state index contributed by atoms with van der Waals surface area (Å²) >= 11 is 0. The lowest BCUT2D eigenvalue weighted by molar-refractivity contribution is 0.0690. The minimum absolute atomic E-state index is 0.108. The fourth-order valence-corrected chi connectivity index (χ4v) is 2.65. The highest BCUT2D eigenvalue weighted by Crippen LogP contribution is 2.33. The van der Waals surface area contributed by atoms with Gasteiger partial charge in [0.15, 0.2) is 11.6 Å². The first-order valence-corrected chi connectivity index (χ1v) is 6.59. The number of benzene rings is 1. The largest absolute Gasteiger partial charge is 0.478 e. The Morgan fingerprint density at radius 1 is 1.20 bits per heavy atom. The van der Waals surface area contributed by atoms with Crippen molar-refractivity contribution < 1.29 is 23.8 Å². The topological polar surface area (TPSA) is 69.6 Å². The van der Waals surface area contributed by atoms with Crippen LogP contribution in [0.2, 0.25) is 0 Å². The Balaban J connectivity index is 2.29. The number of carboxylic acids is 1. The Kier molecular flexibility index (Phi) is 4.23. The Hall–Kier alpha value is -1.69. The van der Waals surface area contributed by atoms with Crippen LogP contribution in [0.5, 0.6) is 0 Å². The van der Waals surface area contributed by atoms with Crippen molar-refractivity contribution >= 4 is 11.7 Å². The highest BCUT2D eigenvalue weighted by molar-refractivity contribution is 5.88. The number of rotatable bonds is 4. The van der Waals surface area contributed by atoms with Gasteiger partial charge in [-0.1, -0.05) is 19.3 Å². The monoisotopic (exact) mass is 285 g/mol. The van der Waals surface area contributed by atoms with Gasteiger partial charge < -0.3 is 15.5 Å². The van der Waals surface area contributed by atoms with E-state index in [4.69, 9.17) is 5.11 Å². The molecule has 0 saturated heterocycles. The summed E-state index contributed by atoms with van der Waals surface area (Å²) in [5, 5.41) is 21.1. The summed E-state index contributed by atoms with van der Waals surface area (Å²) < 4.78 is 27.5. The van der Waals surface area contributed by atoms with Crippen molar-refractivity contribution in [2.45, 2.75) is 37.6 Å². The molecule has 2 rings (SSSR count). The van der Waals surface area contributed by atoms with Crippen LogP contribution in [0.4, 0.5) is 14.5 Å². The second-order valence-electron chi connectivity index (χ2n) is 5.22. The number of hydrogen-bond donors (Lipinski definition) is 3. The molecule has 0 aliphatic heterocycles. The fourth-order valence-electron chi connectivity index (χ4n) is 2.65. The fraction of sp³-hybridized carbons (Fsp3) is 0.500. The van der Waals surface area contributed by atoms with E-state index in [1.807, 2.05) is 0 Å². The number of aliphatic hydroxyl groups excluding tert-OH is 1. The summed E-state index contributed by atoms with van der Waals surface area (Å²) in [6, 6.07) is 2.23. The Morgan fingerprint density at radius 2 is 1.85 bits per heavy atom. The van der Waals surface area contributed by atoms with Gasteiger partial charge in [0.05, 0.1) is 23.4 Å². The summed E-state index contributed by atoms with van der Waals surface area (Å²) in [5.74, 6) is -4.11. The summed E-state index contributed by atoms with van der Waals surface area (Å²) in [7, 11) is 0. The maximum Gasteiger partial charge on any atom is 0.338 e. The molecule has 110 valence electrons. The van der Waals surface area contributed by atoms with E-state index in [-0.39, 0.29) is 12.3 Å². The van der Waals surface area contributed by atoms with E-state index in [2.05, 4.69) is 5.32 Å². The van der Waals surface area contributed by atoms with E-state index in [0.29, 0.717) is 12.8 Å². The van der Waals surface area contributed by atoms with Gasteiger partial charge in [-0.3, -0.25) is 0 Å². The second kappa shape index (κ2) is 5.75. The van der Waals surface area contributed by atoms with Gasteiger partial charge in [0.2, 0.25) is 0 Å². The molecular weight excluding hydrogens is 268 g/mol. The van der Waals surface area contributed by atoms with Crippen molar-refractivity contribution in [3.63, 3.8) is 0 Å². The molecule has 1 saturated carbocycles. The summed E-state index contributed by atoms with van der Waals surface area (Å²) in [4.78, 5) is 10.7. The van der Waals surface area contributed by atoms with Crippen molar-refractivity contribution in [1.29, 1.82) is 0 Å². The average Bonchev–Trinajstić information content (AvgIpc) is 2.45. The molecule has 0 spiro atoms. The Morgan fingerprint density at radius 3 is 2.40 bits per heavy atom. The minimum Gasteiger partial charge on any atom is -0.478 e. The van der Waals surface area contributed by atoms with Crippen molar-refractivity contribution in [2.24, 2.45) is 0 Å². The molecule has 0 aromatic heterocycles. The van der Waals surface area contributed by atoms with Crippen molar-refractivity contribution in [2.75, 3.05) is 11.9 Å². The van der Waals surface area contributed by atoms with Crippen LogP contribution in [0.15, 0.2) is 12.1 Å². The zero-order valence-electron chi connectivity index (χ0n) is 11.0. The predicted molar refractivity (Wildman–Crippen MR) is 69.8 cm³/mol. The third-order valence-corrected chi connectivity index (χ3v) is 3.83. The smallest absolute Gasteiger partial charge is 0.338 e. The molecule has 0 radical (unpaired) electrons. The molecule has 0 unspecified atom stereocenters. The van der Waals surface area contributed by atoms with Crippen LogP contribution >= 0.6 is 0 Å². The number of carbonyl (C=O) groups is 1. The standard InChI is InChI=1S/C14H17F2NO3/c15-11-9(13(19)20)4-5-10(12(11)16)17-14(8-18)6-2-1-3-7-14/h4-5,17-18H,1-3,6-8H2,(H,19,20). The molecule has 0 heterocycles. The molecule has 1 aliphatic carbocycles. The molecule has 1 aromatic rings. The third-order valence-electron chi connectivity index (χ3n) is 3.83.